The average Bonchev–Trinajstić information content (AvgIpc) is 2.76. The molecule has 1 aromatic carbocycles. The number of amides is 2. The van der Waals surface area contributed by atoms with Crippen molar-refractivity contribution in [2.75, 3.05) is 24.3 Å². The highest BCUT2D eigenvalue weighted by Crippen LogP contribution is 2.16. The minimum Gasteiger partial charge on any atom is -0.399 e. The van der Waals surface area contributed by atoms with Gasteiger partial charge < -0.3 is 21.1 Å². The number of rotatable bonds is 2. The van der Waals surface area contributed by atoms with Gasteiger partial charge >= 0.3 is 6.03 Å². The molecule has 1 aromatic rings. The molecular formula is C12H17N3O2. The van der Waals surface area contributed by atoms with Crippen LogP contribution in [0.25, 0.3) is 0 Å². The summed E-state index contributed by atoms with van der Waals surface area (Å²) >= 11 is 0. The summed E-state index contributed by atoms with van der Waals surface area (Å²) in [5.41, 5.74) is 8.12. The summed E-state index contributed by atoms with van der Waals surface area (Å²) < 4.78 is 5.18. The highest BCUT2D eigenvalue weighted by molar-refractivity contribution is 5.89. The molecule has 0 aromatic heterocycles. The van der Waals surface area contributed by atoms with E-state index in [1.165, 1.54) is 0 Å². The highest BCUT2D eigenvalue weighted by atomic mass is 16.5. The van der Waals surface area contributed by atoms with Crippen molar-refractivity contribution in [3.05, 3.63) is 23.8 Å². The molecule has 5 heteroatoms. The fraction of sp³-hybridized carbons (Fsp3) is 0.417. The van der Waals surface area contributed by atoms with Gasteiger partial charge in [-0.2, -0.15) is 0 Å². The summed E-state index contributed by atoms with van der Waals surface area (Å²) in [5.74, 6) is 0. The van der Waals surface area contributed by atoms with Crippen molar-refractivity contribution < 1.29 is 9.53 Å². The highest BCUT2D eigenvalue weighted by Gasteiger charge is 2.17. The first-order valence-electron chi connectivity index (χ1n) is 5.66. The van der Waals surface area contributed by atoms with Crippen LogP contribution in [0.2, 0.25) is 0 Å². The van der Waals surface area contributed by atoms with Crippen LogP contribution in [-0.4, -0.2) is 25.3 Å². The molecule has 17 heavy (non-hydrogen) atoms. The van der Waals surface area contributed by atoms with Gasteiger partial charge in [0, 0.05) is 18.0 Å². The van der Waals surface area contributed by atoms with Crippen molar-refractivity contribution in [2.24, 2.45) is 0 Å². The Labute approximate surface area is 100 Å². The van der Waals surface area contributed by atoms with E-state index in [0.717, 1.165) is 23.4 Å². The topological polar surface area (TPSA) is 76.4 Å². The smallest absolute Gasteiger partial charge is 0.319 e. The van der Waals surface area contributed by atoms with E-state index in [4.69, 9.17) is 10.5 Å². The van der Waals surface area contributed by atoms with Gasteiger partial charge in [0.05, 0.1) is 12.6 Å². The Bertz CT molecular complexity index is 414. The van der Waals surface area contributed by atoms with Crippen LogP contribution < -0.4 is 16.4 Å². The molecule has 4 N–H and O–H groups in total. The number of urea groups is 1. The number of hydrogen-bond acceptors (Lipinski definition) is 3. The molecule has 0 radical (unpaired) electrons. The van der Waals surface area contributed by atoms with Gasteiger partial charge in [0.2, 0.25) is 0 Å². The van der Waals surface area contributed by atoms with Gasteiger partial charge in [-0.3, -0.25) is 0 Å². The maximum atomic E-state index is 11.7. The molecule has 1 atom stereocenters. The van der Waals surface area contributed by atoms with E-state index in [2.05, 4.69) is 10.6 Å². The van der Waals surface area contributed by atoms with Gasteiger partial charge in [0.25, 0.3) is 0 Å². The molecule has 1 unspecified atom stereocenters. The van der Waals surface area contributed by atoms with Crippen molar-refractivity contribution in [1.82, 2.24) is 5.32 Å². The number of ether oxygens (including phenoxy) is 1. The zero-order valence-electron chi connectivity index (χ0n) is 9.82. The lowest BCUT2D eigenvalue weighted by Crippen LogP contribution is -2.38. The summed E-state index contributed by atoms with van der Waals surface area (Å²) in [6.07, 6.45) is 0.869. The van der Waals surface area contributed by atoms with Crippen LogP contribution in [0.1, 0.15) is 12.0 Å². The van der Waals surface area contributed by atoms with E-state index >= 15 is 0 Å². The van der Waals surface area contributed by atoms with E-state index in [9.17, 15) is 4.79 Å². The molecular weight excluding hydrogens is 218 g/mol. The SMILES string of the molecule is Cc1cc(NC(=O)NC2CCOC2)ccc1N. The monoisotopic (exact) mass is 235 g/mol. The molecule has 1 aliphatic heterocycles. The van der Waals surface area contributed by atoms with E-state index in [1.807, 2.05) is 13.0 Å². The molecule has 0 spiro atoms. The molecule has 2 rings (SSSR count). The van der Waals surface area contributed by atoms with Crippen LogP contribution in [0.4, 0.5) is 16.2 Å². The van der Waals surface area contributed by atoms with Gasteiger partial charge in [0.15, 0.2) is 0 Å². The Morgan fingerprint density at radius 1 is 1.53 bits per heavy atom. The van der Waals surface area contributed by atoms with E-state index in [0.29, 0.717) is 13.2 Å². The van der Waals surface area contributed by atoms with E-state index in [1.54, 1.807) is 12.1 Å². The number of aryl methyl sites for hydroxylation is 1. The number of carbonyl (C=O) groups excluding carboxylic acids is 1. The summed E-state index contributed by atoms with van der Waals surface area (Å²) in [5, 5.41) is 5.63. The van der Waals surface area contributed by atoms with Crippen LogP contribution in [0.3, 0.4) is 0 Å². The van der Waals surface area contributed by atoms with Gasteiger partial charge in [-0.05, 0) is 37.1 Å². The maximum absolute atomic E-state index is 11.7. The van der Waals surface area contributed by atoms with Crippen molar-refractivity contribution >= 4 is 17.4 Å². The Balaban J connectivity index is 1.90. The Kier molecular flexibility index (Phi) is 3.49. The first kappa shape index (κ1) is 11.7. The quantitative estimate of drug-likeness (QED) is 0.680. The molecule has 1 saturated heterocycles. The second-order valence-corrected chi connectivity index (χ2v) is 4.23. The van der Waals surface area contributed by atoms with Gasteiger partial charge in [-0.1, -0.05) is 0 Å². The second-order valence-electron chi connectivity index (χ2n) is 4.23. The van der Waals surface area contributed by atoms with Crippen molar-refractivity contribution in [1.29, 1.82) is 0 Å². The minimum atomic E-state index is -0.204. The molecule has 0 aliphatic carbocycles. The van der Waals surface area contributed by atoms with Crippen LogP contribution in [0.5, 0.6) is 0 Å². The summed E-state index contributed by atoms with van der Waals surface area (Å²) in [6, 6.07) is 5.33. The van der Waals surface area contributed by atoms with Crippen LogP contribution in [-0.2, 0) is 4.74 Å². The zero-order valence-corrected chi connectivity index (χ0v) is 9.82. The van der Waals surface area contributed by atoms with Crippen LogP contribution >= 0.6 is 0 Å². The molecule has 92 valence electrons. The second kappa shape index (κ2) is 5.05. The lowest BCUT2D eigenvalue weighted by atomic mass is 10.2. The third kappa shape index (κ3) is 3.10. The number of nitrogens with one attached hydrogen (secondary N) is 2. The summed E-state index contributed by atoms with van der Waals surface area (Å²) in [7, 11) is 0. The Hall–Kier alpha value is -1.75. The van der Waals surface area contributed by atoms with Gasteiger partial charge in [-0.15, -0.1) is 0 Å². The minimum absolute atomic E-state index is 0.116. The lowest BCUT2D eigenvalue weighted by molar-refractivity contribution is 0.189. The number of hydrogen-bond donors (Lipinski definition) is 3. The Morgan fingerprint density at radius 3 is 3.00 bits per heavy atom. The molecule has 0 saturated carbocycles. The predicted octanol–water partition coefficient (Wildman–Crippen LogP) is 1.49. The van der Waals surface area contributed by atoms with Crippen molar-refractivity contribution in [2.45, 2.75) is 19.4 Å². The fourth-order valence-electron chi connectivity index (χ4n) is 1.75. The third-order valence-corrected chi connectivity index (χ3v) is 2.79. The standard InChI is InChI=1S/C12H17N3O2/c1-8-6-9(2-3-11(8)13)14-12(16)15-10-4-5-17-7-10/h2-3,6,10H,4-5,7,13H2,1H3,(H2,14,15,16). The van der Waals surface area contributed by atoms with Gasteiger partial charge in [-0.25, -0.2) is 4.79 Å². The molecule has 1 heterocycles. The fourth-order valence-corrected chi connectivity index (χ4v) is 1.75. The predicted molar refractivity (Wildman–Crippen MR) is 67.0 cm³/mol. The number of benzene rings is 1. The third-order valence-electron chi connectivity index (χ3n) is 2.79. The lowest BCUT2D eigenvalue weighted by Gasteiger charge is -2.12. The summed E-state index contributed by atoms with van der Waals surface area (Å²) in [6.45, 7) is 3.21. The first-order chi connectivity index (χ1) is 8.15. The molecule has 1 fully saturated rings. The first-order valence-corrected chi connectivity index (χ1v) is 5.66. The van der Waals surface area contributed by atoms with Crippen molar-refractivity contribution in [3.8, 4) is 0 Å². The molecule has 5 nitrogen and oxygen atoms in total. The maximum Gasteiger partial charge on any atom is 0.319 e. The van der Waals surface area contributed by atoms with Gasteiger partial charge in [0.1, 0.15) is 0 Å². The number of carbonyl (C=O) groups is 1. The normalized spacial score (nSPS) is 19.0. The van der Waals surface area contributed by atoms with Crippen LogP contribution in [0, 0.1) is 6.92 Å². The van der Waals surface area contributed by atoms with E-state index in [-0.39, 0.29) is 12.1 Å². The molecule has 0 bridgehead atoms. The van der Waals surface area contributed by atoms with E-state index < -0.39 is 0 Å². The molecule has 2 amide bonds. The average molecular weight is 235 g/mol. The number of anilines is 2. The molecule has 1 aliphatic rings. The number of nitrogen functional groups attached to an aromatic ring is 1. The largest absolute Gasteiger partial charge is 0.399 e. The number of nitrogens with two attached hydrogens (primary N) is 1. The zero-order chi connectivity index (χ0) is 12.3. The summed E-state index contributed by atoms with van der Waals surface area (Å²) in [4.78, 5) is 11.7. The van der Waals surface area contributed by atoms with Crippen molar-refractivity contribution in [3.63, 3.8) is 0 Å². The van der Waals surface area contributed by atoms with Crippen LogP contribution in [0.15, 0.2) is 18.2 Å². The Morgan fingerprint density at radius 2 is 2.35 bits per heavy atom.